The van der Waals surface area contributed by atoms with Crippen molar-refractivity contribution < 1.29 is 0 Å². The van der Waals surface area contributed by atoms with Gasteiger partial charge in [-0.15, -0.1) is 0 Å². The third-order valence-corrected chi connectivity index (χ3v) is 8.73. The summed E-state index contributed by atoms with van der Waals surface area (Å²) in [5, 5.41) is 7.60. The highest BCUT2D eigenvalue weighted by molar-refractivity contribution is 6.24. The number of aryl methyl sites for hydroxylation is 1. The van der Waals surface area contributed by atoms with Gasteiger partial charge >= 0.3 is 0 Å². The molecule has 8 aromatic carbocycles. The molecule has 0 amide bonds. The molecule has 43 heavy (non-hydrogen) atoms. The second-order valence-corrected chi connectivity index (χ2v) is 11.4. The van der Waals surface area contributed by atoms with Crippen molar-refractivity contribution in [1.82, 2.24) is 0 Å². The molecule has 202 valence electrons. The molecule has 0 nitrogen and oxygen atoms in total. The highest BCUT2D eigenvalue weighted by Gasteiger charge is 2.19. The van der Waals surface area contributed by atoms with Crippen LogP contribution in [0.4, 0.5) is 0 Å². The first kappa shape index (κ1) is 25.3. The first-order valence-corrected chi connectivity index (χ1v) is 14.9. The Balaban J connectivity index is 1.55. The van der Waals surface area contributed by atoms with Gasteiger partial charge in [0.2, 0.25) is 0 Å². The SMILES string of the molecule is Cc1ccc(-c2ccc3c(-c4cccc5ccccc45)c4cc(-c5ccccc5)ccc4c(-c4ccccc4)c3c2)cc1. The highest BCUT2D eigenvalue weighted by atomic mass is 14.2. The minimum Gasteiger partial charge on any atom is -0.0622 e. The van der Waals surface area contributed by atoms with Gasteiger partial charge < -0.3 is 0 Å². The van der Waals surface area contributed by atoms with E-state index in [1.165, 1.54) is 82.4 Å². The van der Waals surface area contributed by atoms with Gasteiger partial charge in [0, 0.05) is 0 Å². The number of hydrogen-bond donors (Lipinski definition) is 0. The van der Waals surface area contributed by atoms with Gasteiger partial charge in [-0.1, -0.05) is 157 Å². The van der Waals surface area contributed by atoms with Crippen LogP contribution in [0.5, 0.6) is 0 Å². The molecule has 0 N–H and O–H groups in total. The van der Waals surface area contributed by atoms with E-state index in [9.17, 15) is 0 Å². The molecule has 8 rings (SSSR count). The summed E-state index contributed by atoms with van der Waals surface area (Å²) in [6, 6.07) is 60.0. The summed E-state index contributed by atoms with van der Waals surface area (Å²) < 4.78 is 0. The van der Waals surface area contributed by atoms with Crippen molar-refractivity contribution in [1.29, 1.82) is 0 Å². The molecule has 0 aliphatic carbocycles. The van der Waals surface area contributed by atoms with Crippen molar-refractivity contribution in [2.24, 2.45) is 0 Å². The molecule has 0 aromatic heterocycles. The van der Waals surface area contributed by atoms with Crippen molar-refractivity contribution >= 4 is 32.3 Å². The third kappa shape index (κ3) is 4.40. The molecule has 0 aliphatic heterocycles. The molecule has 0 atom stereocenters. The standard InChI is InChI=1S/C43H30/c1-29-19-21-31(22-20-29)35-24-26-39-40(27-35)42(33-14-6-3-7-15-33)38-25-23-34(30-11-4-2-5-12-30)28-41(38)43(39)37-18-10-16-32-13-8-9-17-36(32)37/h2-28H,1H3. The second-order valence-electron chi connectivity index (χ2n) is 11.4. The van der Waals surface area contributed by atoms with Crippen molar-refractivity contribution in [3.63, 3.8) is 0 Å². The minimum absolute atomic E-state index is 1.23. The number of fused-ring (bicyclic) bond motifs is 3. The quantitative estimate of drug-likeness (QED) is 0.193. The maximum Gasteiger partial charge on any atom is -0.00199 e. The fourth-order valence-corrected chi connectivity index (χ4v) is 6.61. The molecule has 8 aromatic rings. The Morgan fingerprint density at radius 2 is 0.814 bits per heavy atom. The Bertz CT molecular complexity index is 2250. The van der Waals surface area contributed by atoms with Gasteiger partial charge in [0.25, 0.3) is 0 Å². The van der Waals surface area contributed by atoms with Gasteiger partial charge in [-0.3, -0.25) is 0 Å². The lowest BCUT2D eigenvalue weighted by Crippen LogP contribution is -1.93. The van der Waals surface area contributed by atoms with Crippen LogP contribution in [0.1, 0.15) is 5.56 Å². The molecule has 0 saturated heterocycles. The van der Waals surface area contributed by atoms with Crippen LogP contribution in [0.3, 0.4) is 0 Å². The number of rotatable bonds is 4. The summed E-state index contributed by atoms with van der Waals surface area (Å²) in [7, 11) is 0. The van der Waals surface area contributed by atoms with Crippen LogP contribution in [0.25, 0.3) is 76.8 Å². The first-order valence-electron chi connectivity index (χ1n) is 14.9. The van der Waals surface area contributed by atoms with Crippen LogP contribution in [0.15, 0.2) is 164 Å². The monoisotopic (exact) mass is 546 g/mol. The molecular formula is C43H30. The van der Waals surface area contributed by atoms with Gasteiger partial charge in [0.05, 0.1) is 0 Å². The maximum atomic E-state index is 2.40. The van der Waals surface area contributed by atoms with E-state index >= 15 is 0 Å². The van der Waals surface area contributed by atoms with E-state index < -0.39 is 0 Å². The van der Waals surface area contributed by atoms with Crippen molar-refractivity contribution in [3.05, 3.63) is 169 Å². The Morgan fingerprint density at radius 3 is 1.51 bits per heavy atom. The van der Waals surface area contributed by atoms with Crippen molar-refractivity contribution in [2.45, 2.75) is 6.92 Å². The van der Waals surface area contributed by atoms with Gasteiger partial charge in [-0.2, -0.15) is 0 Å². The molecule has 0 heteroatoms. The van der Waals surface area contributed by atoms with E-state index in [1.54, 1.807) is 0 Å². The van der Waals surface area contributed by atoms with Crippen LogP contribution < -0.4 is 0 Å². The Kier molecular flexibility index (Phi) is 6.12. The van der Waals surface area contributed by atoms with E-state index in [4.69, 9.17) is 0 Å². The second kappa shape index (κ2) is 10.4. The molecule has 0 radical (unpaired) electrons. The summed E-state index contributed by atoms with van der Waals surface area (Å²) >= 11 is 0. The molecule has 0 bridgehead atoms. The van der Waals surface area contributed by atoms with Crippen LogP contribution in [0, 0.1) is 6.92 Å². The summed E-state index contributed by atoms with van der Waals surface area (Å²) in [6.07, 6.45) is 0. The van der Waals surface area contributed by atoms with Gasteiger partial charge in [0.15, 0.2) is 0 Å². The van der Waals surface area contributed by atoms with E-state index in [0.29, 0.717) is 0 Å². The van der Waals surface area contributed by atoms with E-state index in [0.717, 1.165) is 0 Å². The molecule has 0 heterocycles. The molecule has 0 saturated carbocycles. The summed E-state index contributed by atoms with van der Waals surface area (Å²) in [6.45, 7) is 2.14. The zero-order chi connectivity index (χ0) is 28.8. The summed E-state index contributed by atoms with van der Waals surface area (Å²) in [5.41, 5.74) is 11.3. The first-order chi connectivity index (χ1) is 21.2. The van der Waals surface area contributed by atoms with Crippen LogP contribution >= 0.6 is 0 Å². The number of benzene rings is 8. The lowest BCUT2D eigenvalue weighted by molar-refractivity contribution is 1.47. The fraction of sp³-hybridized carbons (Fsp3) is 0.0233. The normalized spacial score (nSPS) is 11.4. The Morgan fingerprint density at radius 1 is 0.302 bits per heavy atom. The topological polar surface area (TPSA) is 0 Å². The van der Waals surface area contributed by atoms with Gasteiger partial charge in [-0.05, 0) is 95.9 Å². The lowest BCUT2D eigenvalue weighted by atomic mass is 9.83. The van der Waals surface area contributed by atoms with E-state index in [1.807, 2.05) is 0 Å². The summed E-state index contributed by atoms with van der Waals surface area (Å²) in [5.74, 6) is 0. The maximum absolute atomic E-state index is 2.40. The van der Waals surface area contributed by atoms with Crippen molar-refractivity contribution in [3.8, 4) is 44.5 Å². The predicted molar refractivity (Wildman–Crippen MR) is 185 cm³/mol. The number of hydrogen-bond acceptors (Lipinski definition) is 0. The molecule has 0 unspecified atom stereocenters. The molecule has 0 fully saturated rings. The van der Waals surface area contributed by atoms with Crippen LogP contribution in [0.2, 0.25) is 0 Å². The van der Waals surface area contributed by atoms with Crippen LogP contribution in [-0.4, -0.2) is 0 Å². The van der Waals surface area contributed by atoms with Crippen molar-refractivity contribution in [2.75, 3.05) is 0 Å². The Labute approximate surface area is 252 Å². The summed E-state index contributed by atoms with van der Waals surface area (Å²) in [4.78, 5) is 0. The average Bonchev–Trinajstić information content (AvgIpc) is 3.07. The smallest absolute Gasteiger partial charge is 0.00199 e. The van der Waals surface area contributed by atoms with E-state index in [2.05, 4.69) is 171 Å². The zero-order valence-corrected chi connectivity index (χ0v) is 24.1. The Hall–Kier alpha value is -5.46. The average molecular weight is 547 g/mol. The fourth-order valence-electron chi connectivity index (χ4n) is 6.61. The zero-order valence-electron chi connectivity index (χ0n) is 24.1. The van der Waals surface area contributed by atoms with Gasteiger partial charge in [-0.25, -0.2) is 0 Å². The van der Waals surface area contributed by atoms with Crippen LogP contribution in [-0.2, 0) is 0 Å². The lowest BCUT2D eigenvalue weighted by Gasteiger charge is -2.20. The molecule has 0 aliphatic rings. The highest BCUT2D eigenvalue weighted by Crippen LogP contribution is 2.47. The van der Waals surface area contributed by atoms with E-state index in [-0.39, 0.29) is 0 Å². The predicted octanol–water partition coefficient (Wildman–Crippen LogP) is 12.1. The largest absolute Gasteiger partial charge is 0.0622 e. The molecule has 0 spiro atoms. The van der Waals surface area contributed by atoms with Gasteiger partial charge in [0.1, 0.15) is 0 Å². The third-order valence-electron chi connectivity index (χ3n) is 8.73. The molecular weight excluding hydrogens is 516 g/mol. The minimum atomic E-state index is 1.23.